The zero-order chi connectivity index (χ0) is 28.9. The normalized spacial score (nSPS) is 11.6. The lowest BCUT2D eigenvalue weighted by Crippen LogP contribution is -2.45. The molecule has 3 aromatic rings. The van der Waals surface area contributed by atoms with Crippen LogP contribution in [-0.4, -0.2) is 69.2 Å². The van der Waals surface area contributed by atoms with Gasteiger partial charge in [-0.3, -0.25) is 9.59 Å². The van der Waals surface area contributed by atoms with Crippen LogP contribution in [0.1, 0.15) is 47.3 Å². The number of carbonyl (C=O) groups excluding carboxylic acids is 2. The topological polar surface area (TPSA) is 68.3 Å². The summed E-state index contributed by atoms with van der Waals surface area (Å²) in [4.78, 5) is 32.4. The zero-order valence-corrected chi connectivity index (χ0v) is 25.2. The molecule has 1 aromatic heterocycles. The van der Waals surface area contributed by atoms with E-state index >= 15 is 0 Å². The monoisotopic (exact) mass is 566 g/mol. The molecule has 40 heavy (non-hydrogen) atoms. The van der Waals surface area contributed by atoms with Gasteiger partial charge in [0.1, 0.15) is 0 Å². The molecule has 0 aliphatic rings. The van der Waals surface area contributed by atoms with Gasteiger partial charge in [-0.25, -0.2) is 0 Å². The Morgan fingerprint density at radius 1 is 0.925 bits per heavy atom. The van der Waals surface area contributed by atoms with Crippen LogP contribution in [-0.2, 0) is 27.3 Å². The van der Waals surface area contributed by atoms with E-state index in [-0.39, 0.29) is 24.3 Å². The van der Waals surface area contributed by atoms with Crippen LogP contribution in [0.25, 0.3) is 0 Å². The first-order valence-corrected chi connectivity index (χ1v) is 14.6. The fourth-order valence-corrected chi connectivity index (χ4v) is 5.64. The molecule has 0 aliphatic carbocycles. The molecule has 2 amide bonds. The van der Waals surface area contributed by atoms with E-state index in [1.165, 1.54) is 0 Å². The first-order chi connectivity index (χ1) is 19.4. The Bertz CT molecular complexity index is 1210. The molecule has 1 unspecified atom stereocenters. The molecule has 0 aliphatic heterocycles. The molecule has 2 aromatic carbocycles. The predicted octanol–water partition coefficient (Wildman–Crippen LogP) is 5.70. The van der Waals surface area contributed by atoms with Crippen molar-refractivity contribution >= 4 is 23.2 Å². The molecule has 0 N–H and O–H groups in total. The average molecular weight is 567 g/mol. The molecule has 0 saturated heterocycles. The molecule has 8 heteroatoms. The van der Waals surface area contributed by atoms with Gasteiger partial charge in [0.05, 0.1) is 33.2 Å². The van der Waals surface area contributed by atoms with E-state index in [1.54, 1.807) is 37.6 Å². The van der Waals surface area contributed by atoms with E-state index in [9.17, 15) is 9.59 Å². The minimum Gasteiger partial charge on any atom is -0.493 e. The summed E-state index contributed by atoms with van der Waals surface area (Å²) in [5.74, 6) is 0.944. The minimum atomic E-state index is -0.295. The second kappa shape index (κ2) is 16.0. The van der Waals surface area contributed by atoms with Gasteiger partial charge < -0.3 is 24.0 Å². The molecule has 0 bridgehead atoms. The third-order valence-electron chi connectivity index (χ3n) is 7.10. The zero-order valence-electron chi connectivity index (χ0n) is 24.4. The highest BCUT2D eigenvalue weighted by Crippen LogP contribution is 2.28. The van der Waals surface area contributed by atoms with Crippen molar-refractivity contribution < 1.29 is 23.8 Å². The van der Waals surface area contributed by atoms with Crippen LogP contribution in [0.5, 0.6) is 11.5 Å². The summed E-state index contributed by atoms with van der Waals surface area (Å²) in [7, 11) is 4.88. The number of rotatable bonds is 16. The van der Waals surface area contributed by atoms with Crippen LogP contribution in [0.3, 0.4) is 0 Å². The van der Waals surface area contributed by atoms with Crippen molar-refractivity contribution in [3.63, 3.8) is 0 Å². The summed E-state index contributed by atoms with van der Waals surface area (Å²) >= 11 is 1.65. The molecule has 0 radical (unpaired) electrons. The van der Waals surface area contributed by atoms with Gasteiger partial charge in [-0.2, -0.15) is 0 Å². The smallest absolute Gasteiger partial charge is 0.242 e. The second-order valence-corrected chi connectivity index (χ2v) is 10.8. The molecule has 0 saturated carbocycles. The van der Waals surface area contributed by atoms with Crippen molar-refractivity contribution in [1.29, 1.82) is 0 Å². The van der Waals surface area contributed by atoms with E-state index < -0.39 is 0 Å². The molecule has 1 atom stereocenters. The summed E-state index contributed by atoms with van der Waals surface area (Å²) in [5, 5.41) is 2.05. The SMILES string of the molecule is CCC(C(=O)N(CCCOC)CC(=O)N(CCc1ccc(OC)c(OC)c1)Cc1sccc1C)c1ccccc1. The van der Waals surface area contributed by atoms with Gasteiger partial charge in [0.15, 0.2) is 11.5 Å². The fraction of sp³-hybridized carbons (Fsp3) is 0.438. The lowest BCUT2D eigenvalue weighted by Gasteiger charge is -2.30. The Morgan fingerprint density at radius 2 is 1.68 bits per heavy atom. The largest absolute Gasteiger partial charge is 0.493 e. The number of carbonyl (C=O) groups is 2. The quantitative estimate of drug-likeness (QED) is 0.208. The summed E-state index contributed by atoms with van der Waals surface area (Å²) in [5.41, 5.74) is 3.18. The number of methoxy groups -OCH3 is 3. The van der Waals surface area contributed by atoms with Gasteiger partial charge in [-0.1, -0.05) is 43.3 Å². The van der Waals surface area contributed by atoms with Crippen molar-refractivity contribution in [3.8, 4) is 11.5 Å². The number of hydrogen-bond donors (Lipinski definition) is 0. The van der Waals surface area contributed by atoms with Crippen LogP contribution in [0.2, 0.25) is 0 Å². The van der Waals surface area contributed by atoms with Gasteiger partial charge in [0, 0.05) is 31.7 Å². The first-order valence-electron chi connectivity index (χ1n) is 13.8. The maximum atomic E-state index is 13.9. The van der Waals surface area contributed by atoms with Crippen LogP contribution in [0, 0.1) is 6.92 Å². The Hall–Kier alpha value is -3.36. The molecular formula is C32H42N2O5S. The lowest BCUT2D eigenvalue weighted by molar-refractivity contribution is -0.142. The number of benzene rings is 2. The minimum absolute atomic E-state index is 0.0229. The first kappa shape index (κ1) is 31.2. The molecule has 0 fully saturated rings. The molecule has 216 valence electrons. The molecule has 7 nitrogen and oxygen atoms in total. The molecular weight excluding hydrogens is 524 g/mol. The Balaban J connectivity index is 1.82. The van der Waals surface area contributed by atoms with Gasteiger partial charge in [-0.05, 0) is 66.5 Å². The third-order valence-corrected chi connectivity index (χ3v) is 8.10. The van der Waals surface area contributed by atoms with E-state index in [0.717, 1.165) is 21.6 Å². The van der Waals surface area contributed by atoms with Crippen molar-refractivity contribution in [1.82, 2.24) is 9.80 Å². The van der Waals surface area contributed by atoms with Crippen LogP contribution in [0.15, 0.2) is 60.0 Å². The maximum absolute atomic E-state index is 13.9. The van der Waals surface area contributed by atoms with Gasteiger partial charge in [0.2, 0.25) is 11.8 Å². The standard InChI is InChI=1S/C32H42N2O5S/c1-6-27(26-11-8-7-9-12-26)32(36)34(17-10-19-37-3)23-31(35)33(22-30-24(2)16-20-40-30)18-15-25-13-14-28(38-4)29(21-25)39-5/h7-9,11-14,16,20-21,27H,6,10,15,17-19,22-23H2,1-5H3. The molecule has 3 rings (SSSR count). The number of nitrogens with zero attached hydrogens (tertiary/aromatic N) is 2. The van der Waals surface area contributed by atoms with Crippen LogP contribution in [0.4, 0.5) is 0 Å². The number of amides is 2. The highest BCUT2D eigenvalue weighted by molar-refractivity contribution is 7.10. The summed E-state index contributed by atoms with van der Waals surface area (Å²) in [6.45, 7) is 6.12. The number of thiophene rings is 1. The van der Waals surface area contributed by atoms with Crippen molar-refractivity contribution in [2.45, 2.75) is 45.6 Å². The van der Waals surface area contributed by atoms with Crippen molar-refractivity contribution in [2.75, 3.05) is 47.6 Å². The number of ether oxygens (including phenoxy) is 3. The van der Waals surface area contributed by atoms with Gasteiger partial charge in [0.25, 0.3) is 0 Å². The molecule has 1 heterocycles. The van der Waals surface area contributed by atoms with Crippen LogP contribution < -0.4 is 9.47 Å². The average Bonchev–Trinajstić information content (AvgIpc) is 3.39. The number of hydrogen-bond acceptors (Lipinski definition) is 6. The van der Waals surface area contributed by atoms with Crippen LogP contribution >= 0.6 is 11.3 Å². The molecule has 0 spiro atoms. The van der Waals surface area contributed by atoms with Crippen molar-refractivity contribution in [3.05, 3.63) is 81.5 Å². The summed E-state index contributed by atoms with van der Waals surface area (Å²) in [6.07, 6.45) is 1.97. The van der Waals surface area contributed by atoms with E-state index in [2.05, 4.69) is 13.0 Å². The third kappa shape index (κ3) is 8.57. The van der Waals surface area contributed by atoms with Crippen molar-refractivity contribution in [2.24, 2.45) is 0 Å². The Morgan fingerprint density at radius 3 is 2.30 bits per heavy atom. The van der Waals surface area contributed by atoms with E-state index in [4.69, 9.17) is 14.2 Å². The number of aryl methyl sites for hydroxylation is 1. The highest BCUT2D eigenvalue weighted by atomic mass is 32.1. The summed E-state index contributed by atoms with van der Waals surface area (Å²) < 4.78 is 16.1. The highest BCUT2D eigenvalue weighted by Gasteiger charge is 2.28. The van der Waals surface area contributed by atoms with Gasteiger partial charge in [-0.15, -0.1) is 11.3 Å². The summed E-state index contributed by atoms with van der Waals surface area (Å²) in [6, 6.07) is 17.7. The maximum Gasteiger partial charge on any atom is 0.242 e. The fourth-order valence-electron chi connectivity index (χ4n) is 4.72. The van der Waals surface area contributed by atoms with E-state index in [1.807, 2.05) is 65.7 Å². The Labute approximate surface area is 242 Å². The van der Waals surface area contributed by atoms with E-state index in [0.29, 0.717) is 57.0 Å². The van der Waals surface area contributed by atoms with Gasteiger partial charge >= 0.3 is 0 Å². The lowest BCUT2D eigenvalue weighted by atomic mass is 9.95. The predicted molar refractivity (Wildman–Crippen MR) is 160 cm³/mol. The second-order valence-electron chi connectivity index (χ2n) is 9.76. The Kier molecular flexibility index (Phi) is 12.5.